The number of carbonyl (C=O) groups is 2. The summed E-state index contributed by atoms with van der Waals surface area (Å²) in [5, 5.41) is 2.91. The van der Waals surface area contributed by atoms with Gasteiger partial charge in [-0.3, -0.25) is 4.79 Å². The first-order chi connectivity index (χ1) is 13.9. The third-order valence-corrected chi connectivity index (χ3v) is 5.45. The van der Waals surface area contributed by atoms with Gasteiger partial charge >= 0.3 is 5.97 Å². The van der Waals surface area contributed by atoms with Crippen LogP contribution >= 0.6 is 0 Å². The van der Waals surface area contributed by atoms with Crippen LogP contribution in [0, 0.1) is 13.8 Å². The summed E-state index contributed by atoms with van der Waals surface area (Å²) in [4.78, 5) is 32.7. The van der Waals surface area contributed by atoms with Crippen LogP contribution in [0.4, 0.5) is 11.4 Å². The summed E-state index contributed by atoms with van der Waals surface area (Å²) in [5.74, 6) is -0.684. The summed E-state index contributed by atoms with van der Waals surface area (Å²) in [6, 6.07) is 7.90. The zero-order valence-electron chi connectivity index (χ0n) is 17.7. The summed E-state index contributed by atoms with van der Waals surface area (Å²) in [7, 11) is 0. The Morgan fingerprint density at radius 2 is 1.72 bits per heavy atom. The minimum Gasteiger partial charge on any atom is -0.462 e. The highest BCUT2D eigenvalue weighted by atomic mass is 16.5. The number of esters is 1. The number of aryl methyl sites for hydroxylation is 1. The van der Waals surface area contributed by atoms with E-state index in [1.54, 1.807) is 20.8 Å². The number of hydrogen-bond acceptors (Lipinski definition) is 5. The van der Waals surface area contributed by atoms with E-state index in [1.165, 1.54) is 0 Å². The largest absolute Gasteiger partial charge is 0.462 e. The fourth-order valence-corrected chi connectivity index (χ4v) is 3.76. The molecule has 156 valence electrons. The summed E-state index contributed by atoms with van der Waals surface area (Å²) < 4.78 is 5.09. The van der Waals surface area contributed by atoms with E-state index in [9.17, 15) is 9.59 Å². The van der Waals surface area contributed by atoms with Crippen LogP contribution in [0.25, 0.3) is 0 Å². The first-order valence-electron chi connectivity index (χ1n) is 10.2. The number of H-pyrrole nitrogens is 1. The summed E-state index contributed by atoms with van der Waals surface area (Å²) in [5.41, 5.74) is 3.92. The summed E-state index contributed by atoms with van der Waals surface area (Å²) in [6.07, 6.45) is 0. The number of rotatable bonds is 6. The highest BCUT2D eigenvalue weighted by Crippen LogP contribution is 2.22. The van der Waals surface area contributed by atoms with E-state index in [1.807, 2.05) is 24.3 Å². The molecule has 7 heteroatoms. The fourth-order valence-electron chi connectivity index (χ4n) is 3.76. The lowest BCUT2D eigenvalue weighted by Crippen LogP contribution is -2.46. The molecule has 0 atom stereocenters. The molecule has 1 aliphatic heterocycles. The number of anilines is 2. The first-order valence-corrected chi connectivity index (χ1v) is 10.2. The number of nitrogens with zero attached hydrogens (tertiary/aromatic N) is 2. The molecule has 1 aromatic carbocycles. The van der Waals surface area contributed by atoms with Gasteiger partial charge in [0.1, 0.15) is 5.69 Å². The average molecular weight is 399 g/mol. The molecule has 2 aromatic rings. The van der Waals surface area contributed by atoms with Crippen LogP contribution < -0.4 is 10.2 Å². The van der Waals surface area contributed by atoms with Gasteiger partial charge in [-0.15, -0.1) is 0 Å². The van der Waals surface area contributed by atoms with Crippen LogP contribution in [0.3, 0.4) is 0 Å². The van der Waals surface area contributed by atoms with Gasteiger partial charge in [-0.05, 0) is 57.1 Å². The molecule has 3 rings (SSSR count). The number of piperazine rings is 1. The van der Waals surface area contributed by atoms with E-state index in [0.717, 1.165) is 44.1 Å². The molecular formula is C22H30N4O3. The van der Waals surface area contributed by atoms with Crippen molar-refractivity contribution in [3.63, 3.8) is 0 Å². The molecule has 0 saturated carbocycles. The quantitative estimate of drug-likeness (QED) is 0.731. The molecule has 1 saturated heterocycles. The van der Waals surface area contributed by atoms with E-state index in [-0.39, 0.29) is 5.91 Å². The number of ether oxygens (including phenoxy) is 1. The number of nitrogens with one attached hydrogen (secondary N) is 2. The highest BCUT2D eigenvalue weighted by Gasteiger charge is 2.23. The van der Waals surface area contributed by atoms with Crippen molar-refractivity contribution in [2.24, 2.45) is 0 Å². The Morgan fingerprint density at radius 1 is 1.07 bits per heavy atom. The number of benzene rings is 1. The Kier molecular flexibility index (Phi) is 6.59. The van der Waals surface area contributed by atoms with Gasteiger partial charge in [0.15, 0.2) is 0 Å². The SMILES string of the molecule is CCOC(=O)c1c(C)[nH]c(C(=O)Nc2ccc(N3CCN(CC)CC3)cc2)c1C. The van der Waals surface area contributed by atoms with Crippen LogP contribution in [-0.2, 0) is 4.74 Å². The van der Waals surface area contributed by atoms with Gasteiger partial charge in [0.25, 0.3) is 5.91 Å². The van der Waals surface area contributed by atoms with Gasteiger partial charge in [0, 0.05) is 43.2 Å². The number of hydrogen-bond donors (Lipinski definition) is 2. The molecule has 1 aliphatic rings. The molecule has 1 amide bonds. The maximum atomic E-state index is 12.7. The Morgan fingerprint density at radius 3 is 2.31 bits per heavy atom. The summed E-state index contributed by atoms with van der Waals surface area (Å²) in [6.45, 7) is 13.0. The van der Waals surface area contributed by atoms with Gasteiger partial charge in [-0.25, -0.2) is 4.79 Å². The Labute approximate surface area is 172 Å². The molecule has 2 N–H and O–H groups in total. The number of amides is 1. The van der Waals surface area contributed by atoms with Crippen LogP contribution in [0.2, 0.25) is 0 Å². The lowest BCUT2D eigenvalue weighted by atomic mass is 10.1. The molecule has 0 unspecified atom stereocenters. The second-order valence-corrected chi connectivity index (χ2v) is 7.27. The van der Waals surface area contributed by atoms with Crippen LogP contribution in [-0.4, -0.2) is 61.1 Å². The minimum atomic E-state index is -0.412. The van der Waals surface area contributed by atoms with Crippen molar-refractivity contribution in [3.8, 4) is 0 Å². The normalized spacial score (nSPS) is 14.7. The van der Waals surface area contributed by atoms with Crippen molar-refractivity contribution in [2.45, 2.75) is 27.7 Å². The molecule has 7 nitrogen and oxygen atoms in total. The van der Waals surface area contributed by atoms with E-state index >= 15 is 0 Å². The molecule has 0 radical (unpaired) electrons. The number of carbonyl (C=O) groups excluding carboxylic acids is 2. The second kappa shape index (κ2) is 9.13. The van der Waals surface area contributed by atoms with Crippen LogP contribution in [0.1, 0.15) is 46.0 Å². The van der Waals surface area contributed by atoms with Crippen LogP contribution in [0.5, 0.6) is 0 Å². The molecule has 1 fully saturated rings. The Hall–Kier alpha value is -2.80. The molecule has 1 aromatic heterocycles. The van der Waals surface area contributed by atoms with E-state index in [4.69, 9.17) is 4.74 Å². The molecular weight excluding hydrogens is 368 g/mol. The monoisotopic (exact) mass is 398 g/mol. The number of aromatic amines is 1. The number of likely N-dealkylation sites (N-methyl/N-ethyl adjacent to an activating group) is 1. The predicted octanol–water partition coefficient (Wildman–Crippen LogP) is 3.20. The highest BCUT2D eigenvalue weighted by molar-refractivity contribution is 6.06. The molecule has 0 bridgehead atoms. The zero-order valence-corrected chi connectivity index (χ0v) is 17.7. The van der Waals surface area contributed by atoms with Gasteiger partial charge < -0.3 is 24.8 Å². The molecule has 29 heavy (non-hydrogen) atoms. The predicted molar refractivity (Wildman–Crippen MR) is 115 cm³/mol. The fraction of sp³-hybridized carbons (Fsp3) is 0.455. The lowest BCUT2D eigenvalue weighted by Gasteiger charge is -2.35. The van der Waals surface area contributed by atoms with E-state index in [2.05, 4.69) is 27.0 Å². The van der Waals surface area contributed by atoms with Crippen LogP contribution in [0.15, 0.2) is 24.3 Å². The van der Waals surface area contributed by atoms with Gasteiger partial charge in [-0.1, -0.05) is 6.92 Å². The number of aromatic nitrogens is 1. The maximum absolute atomic E-state index is 12.7. The van der Waals surface area contributed by atoms with Crippen molar-refractivity contribution < 1.29 is 14.3 Å². The maximum Gasteiger partial charge on any atom is 0.340 e. The standard InChI is InChI=1S/C22H30N4O3/c1-5-25-11-13-26(14-12-25)18-9-7-17(8-10-18)24-21(27)20-15(3)19(16(4)23-20)22(28)29-6-2/h7-10,23H,5-6,11-14H2,1-4H3,(H,24,27). The Balaban J connectivity index is 1.67. The molecule has 0 spiro atoms. The topological polar surface area (TPSA) is 77.7 Å². The van der Waals surface area contributed by atoms with Crippen molar-refractivity contribution in [3.05, 3.63) is 46.8 Å². The van der Waals surface area contributed by atoms with Crippen molar-refractivity contribution in [1.29, 1.82) is 0 Å². The second-order valence-electron chi connectivity index (χ2n) is 7.27. The third kappa shape index (κ3) is 4.62. The lowest BCUT2D eigenvalue weighted by molar-refractivity contribution is 0.0525. The van der Waals surface area contributed by atoms with E-state index < -0.39 is 5.97 Å². The van der Waals surface area contributed by atoms with Gasteiger partial charge in [-0.2, -0.15) is 0 Å². The summed E-state index contributed by atoms with van der Waals surface area (Å²) >= 11 is 0. The smallest absolute Gasteiger partial charge is 0.340 e. The molecule has 0 aliphatic carbocycles. The van der Waals surface area contributed by atoms with Crippen molar-refractivity contribution in [1.82, 2.24) is 9.88 Å². The van der Waals surface area contributed by atoms with Gasteiger partial charge in [0.2, 0.25) is 0 Å². The van der Waals surface area contributed by atoms with Crippen molar-refractivity contribution in [2.75, 3.05) is 49.5 Å². The zero-order chi connectivity index (χ0) is 21.0. The third-order valence-electron chi connectivity index (χ3n) is 5.45. The first kappa shape index (κ1) is 20.9. The van der Waals surface area contributed by atoms with Crippen molar-refractivity contribution >= 4 is 23.3 Å². The van der Waals surface area contributed by atoms with Gasteiger partial charge in [0.05, 0.1) is 12.2 Å². The molecule has 2 heterocycles. The van der Waals surface area contributed by atoms with E-state index in [0.29, 0.717) is 29.1 Å². The Bertz CT molecular complexity index is 865. The average Bonchev–Trinajstić information content (AvgIpc) is 3.03. The minimum absolute atomic E-state index is 0.273.